The average Bonchev–Trinajstić information content (AvgIpc) is 3.07. The molecule has 0 amide bonds. The second-order valence-electron chi connectivity index (χ2n) is 6.45. The summed E-state index contributed by atoms with van der Waals surface area (Å²) >= 11 is 5.35. The molecule has 0 atom stereocenters. The molecule has 3 aromatic rings. The highest BCUT2D eigenvalue weighted by Crippen LogP contribution is 2.28. The first-order valence-electron chi connectivity index (χ1n) is 9.31. The molecule has 8 heteroatoms. The molecule has 0 fully saturated rings. The Balaban J connectivity index is 1.92. The first-order chi connectivity index (χ1) is 14.0. The lowest BCUT2D eigenvalue weighted by Gasteiger charge is -2.10. The number of benzene rings is 2. The van der Waals surface area contributed by atoms with Gasteiger partial charge in [0.1, 0.15) is 5.75 Å². The lowest BCUT2D eigenvalue weighted by molar-refractivity contribution is 0.242. The number of methoxy groups -OCH3 is 1. The van der Waals surface area contributed by atoms with Gasteiger partial charge in [-0.1, -0.05) is 12.1 Å². The maximum atomic E-state index is 5.77. The van der Waals surface area contributed by atoms with Crippen LogP contribution in [-0.2, 0) is 0 Å². The number of ether oxygens (including phenoxy) is 3. The first kappa shape index (κ1) is 20.6. The Kier molecular flexibility index (Phi) is 6.66. The maximum absolute atomic E-state index is 5.77. The highest BCUT2D eigenvalue weighted by Gasteiger charge is 2.10. The summed E-state index contributed by atoms with van der Waals surface area (Å²) in [5.74, 6) is 2.69. The van der Waals surface area contributed by atoms with Crippen LogP contribution < -0.4 is 14.2 Å². The van der Waals surface area contributed by atoms with Crippen molar-refractivity contribution in [2.75, 3.05) is 13.7 Å². The molecular weight excluding hydrogens is 388 g/mol. The highest BCUT2D eigenvalue weighted by molar-refractivity contribution is 7.71. The fourth-order valence-corrected chi connectivity index (χ4v) is 2.91. The minimum atomic E-state index is 0.0822. The molecule has 7 nitrogen and oxygen atoms in total. The summed E-state index contributed by atoms with van der Waals surface area (Å²) < 4.78 is 18.7. The first-order valence-corrected chi connectivity index (χ1v) is 9.72. The molecule has 0 saturated carbocycles. The largest absolute Gasteiger partial charge is 0.493 e. The molecule has 1 N–H and O–H groups in total. The van der Waals surface area contributed by atoms with E-state index < -0.39 is 0 Å². The van der Waals surface area contributed by atoms with Crippen LogP contribution in [0.3, 0.4) is 0 Å². The monoisotopic (exact) mass is 412 g/mol. The van der Waals surface area contributed by atoms with Gasteiger partial charge in [-0.15, -0.1) is 0 Å². The van der Waals surface area contributed by atoms with Gasteiger partial charge in [-0.25, -0.2) is 5.10 Å². The fourth-order valence-electron chi connectivity index (χ4n) is 2.73. The van der Waals surface area contributed by atoms with Crippen molar-refractivity contribution in [2.24, 2.45) is 5.10 Å². The van der Waals surface area contributed by atoms with E-state index in [1.807, 2.05) is 63.2 Å². The summed E-state index contributed by atoms with van der Waals surface area (Å²) in [4.78, 5) is 0. The molecule has 1 aromatic heterocycles. The van der Waals surface area contributed by atoms with Crippen LogP contribution in [0.2, 0.25) is 0 Å². The Morgan fingerprint density at radius 2 is 2.03 bits per heavy atom. The maximum Gasteiger partial charge on any atom is 0.216 e. The molecule has 0 bridgehead atoms. The van der Waals surface area contributed by atoms with E-state index in [-0.39, 0.29) is 6.10 Å². The van der Waals surface area contributed by atoms with Crippen LogP contribution in [0.5, 0.6) is 17.2 Å². The third kappa shape index (κ3) is 5.03. The predicted molar refractivity (Wildman–Crippen MR) is 116 cm³/mol. The van der Waals surface area contributed by atoms with E-state index in [4.69, 9.17) is 26.4 Å². The van der Waals surface area contributed by atoms with E-state index in [9.17, 15) is 0 Å². The van der Waals surface area contributed by atoms with Crippen molar-refractivity contribution in [1.82, 2.24) is 14.9 Å². The predicted octanol–water partition coefficient (Wildman–Crippen LogP) is 4.68. The number of hydrogen-bond donors (Lipinski definition) is 1. The Bertz CT molecular complexity index is 1060. The Labute approximate surface area is 174 Å². The molecule has 0 aliphatic carbocycles. The molecule has 1 heterocycles. The van der Waals surface area contributed by atoms with Crippen LogP contribution in [0, 0.1) is 4.77 Å². The normalized spacial score (nSPS) is 11.2. The average molecular weight is 413 g/mol. The third-order valence-corrected chi connectivity index (χ3v) is 4.19. The van der Waals surface area contributed by atoms with E-state index in [1.54, 1.807) is 18.0 Å². The van der Waals surface area contributed by atoms with E-state index in [1.165, 1.54) is 0 Å². The minimum Gasteiger partial charge on any atom is -0.493 e. The van der Waals surface area contributed by atoms with Crippen molar-refractivity contribution < 1.29 is 14.2 Å². The number of aromatic nitrogens is 3. The molecule has 0 spiro atoms. The van der Waals surface area contributed by atoms with Crippen molar-refractivity contribution in [3.63, 3.8) is 0 Å². The van der Waals surface area contributed by atoms with E-state index >= 15 is 0 Å². The zero-order valence-electron chi connectivity index (χ0n) is 16.9. The van der Waals surface area contributed by atoms with Crippen molar-refractivity contribution in [2.45, 2.75) is 26.9 Å². The Morgan fingerprint density at radius 1 is 1.21 bits per heavy atom. The summed E-state index contributed by atoms with van der Waals surface area (Å²) in [7, 11) is 1.61. The van der Waals surface area contributed by atoms with Gasteiger partial charge in [0.2, 0.25) is 4.77 Å². The number of nitrogens with zero attached hydrogens (tertiary/aromatic N) is 3. The minimum absolute atomic E-state index is 0.0822. The van der Waals surface area contributed by atoms with Gasteiger partial charge < -0.3 is 14.2 Å². The molecule has 2 aromatic carbocycles. The SMILES string of the molecule is CCOc1ccc(C=Nn2c(-c3cccc(OC(C)C)c3)n[nH]c2=S)cc1OC. The van der Waals surface area contributed by atoms with Gasteiger partial charge in [0, 0.05) is 5.56 Å². The summed E-state index contributed by atoms with van der Waals surface area (Å²) in [6.45, 7) is 6.46. The fraction of sp³-hybridized carbons (Fsp3) is 0.286. The van der Waals surface area contributed by atoms with Crippen LogP contribution >= 0.6 is 12.2 Å². The number of nitrogens with one attached hydrogen (secondary N) is 1. The summed E-state index contributed by atoms with van der Waals surface area (Å²) in [6.07, 6.45) is 1.78. The van der Waals surface area contributed by atoms with Gasteiger partial charge in [0.15, 0.2) is 17.3 Å². The van der Waals surface area contributed by atoms with Crippen LogP contribution in [0.1, 0.15) is 26.3 Å². The van der Waals surface area contributed by atoms with Crippen molar-refractivity contribution in [3.8, 4) is 28.6 Å². The van der Waals surface area contributed by atoms with E-state index in [0.717, 1.165) is 16.9 Å². The second kappa shape index (κ2) is 9.38. The van der Waals surface area contributed by atoms with Gasteiger partial charge in [0.25, 0.3) is 0 Å². The molecule has 3 rings (SSSR count). The lowest BCUT2D eigenvalue weighted by atomic mass is 10.2. The number of aromatic amines is 1. The lowest BCUT2D eigenvalue weighted by Crippen LogP contribution is -2.05. The van der Waals surface area contributed by atoms with E-state index in [2.05, 4.69) is 15.3 Å². The van der Waals surface area contributed by atoms with Crippen molar-refractivity contribution in [3.05, 3.63) is 52.8 Å². The number of hydrogen-bond acceptors (Lipinski definition) is 6. The van der Waals surface area contributed by atoms with Crippen molar-refractivity contribution >= 4 is 18.4 Å². The highest BCUT2D eigenvalue weighted by atomic mass is 32.1. The number of rotatable bonds is 8. The molecule has 0 radical (unpaired) electrons. The van der Waals surface area contributed by atoms with E-state index in [0.29, 0.717) is 28.7 Å². The molecule has 0 saturated heterocycles. The van der Waals surface area contributed by atoms with Crippen molar-refractivity contribution in [1.29, 1.82) is 0 Å². The van der Waals surface area contributed by atoms with Crippen LogP contribution in [0.15, 0.2) is 47.6 Å². The molecular formula is C21H24N4O3S. The zero-order valence-corrected chi connectivity index (χ0v) is 17.7. The summed E-state index contributed by atoms with van der Waals surface area (Å²) in [5, 5.41) is 11.6. The number of H-pyrrole nitrogens is 1. The second-order valence-corrected chi connectivity index (χ2v) is 6.83. The molecule has 0 aliphatic rings. The molecule has 29 heavy (non-hydrogen) atoms. The molecule has 0 aliphatic heterocycles. The van der Waals surface area contributed by atoms with Crippen LogP contribution in [0.25, 0.3) is 11.4 Å². The smallest absolute Gasteiger partial charge is 0.216 e. The standard InChI is InChI=1S/C21H24N4O3S/c1-5-27-18-10-9-15(11-19(18)26-4)13-22-25-20(23-24-21(25)29)16-7-6-8-17(12-16)28-14(2)3/h6-14H,5H2,1-4H3,(H,24,29). The van der Waals surface area contributed by atoms with Gasteiger partial charge in [0.05, 0.1) is 26.0 Å². The zero-order chi connectivity index (χ0) is 20.8. The van der Waals surface area contributed by atoms with Crippen LogP contribution in [-0.4, -0.2) is 40.9 Å². The Hall–Kier alpha value is -3.13. The summed E-state index contributed by atoms with van der Waals surface area (Å²) in [5.41, 5.74) is 1.69. The van der Waals surface area contributed by atoms with Gasteiger partial charge in [-0.05, 0) is 68.9 Å². The molecule has 0 unspecified atom stereocenters. The third-order valence-electron chi connectivity index (χ3n) is 3.92. The quantitative estimate of drug-likeness (QED) is 0.429. The topological polar surface area (TPSA) is 73.7 Å². The van der Waals surface area contributed by atoms with Gasteiger partial charge in [-0.2, -0.15) is 14.9 Å². The Morgan fingerprint density at radius 3 is 2.76 bits per heavy atom. The van der Waals surface area contributed by atoms with Crippen LogP contribution in [0.4, 0.5) is 0 Å². The summed E-state index contributed by atoms with van der Waals surface area (Å²) in [6, 6.07) is 13.3. The molecule has 152 valence electrons. The van der Waals surface area contributed by atoms with Gasteiger partial charge >= 0.3 is 0 Å². The van der Waals surface area contributed by atoms with Gasteiger partial charge in [-0.3, -0.25) is 0 Å².